The first kappa shape index (κ1) is 16.0. The van der Waals surface area contributed by atoms with Gasteiger partial charge in [0.05, 0.1) is 7.11 Å². The zero-order valence-corrected chi connectivity index (χ0v) is 14.0. The minimum atomic E-state index is 0.425. The first-order valence-electron chi connectivity index (χ1n) is 6.48. The van der Waals surface area contributed by atoms with Gasteiger partial charge in [-0.05, 0) is 24.3 Å². The number of methoxy groups -OCH3 is 1. The number of hydrogen-bond acceptors (Lipinski definition) is 3. The van der Waals surface area contributed by atoms with E-state index in [4.69, 9.17) is 25.8 Å². The molecule has 3 nitrogen and oxygen atoms in total. The van der Waals surface area contributed by atoms with Crippen LogP contribution in [-0.4, -0.2) is 20.3 Å². The lowest BCUT2D eigenvalue weighted by molar-refractivity contribution is 0.210. The van der Waals surface area contributed by atoms with E-state index in [1.165, 1.54) is 0 Å². The van der Waals surface area contributed by atoms with Crippen molar-refractivity contribution in [3.05, 3.63) is 53.1 Å². The summed E-state index contributed by atoms with van der Waals surface area (Å²) in [6.45, 7) is 0.854. The second-order valence-corrected chi connectivity index (χ2v) is 5.17. The number of halogens is 2. The monoisotopic (exact) mass is 370 g/mol. The molecule has 0 fully saturated rings. The van der Waals surface area contributed by atoms with E-state index in [1.54, 1.807) is 7.11 Å². The van der Waals surface area contributed by atoms with Crippen molar-refractivity contribution in [2.45, 2.75) is 5.33 Å². The maximum Gasteiger partial charge on any atom is 0.161 e. The minimum absolute atomic E-state index is 0.425. The molecule has 0 unspecified atom stereocenters. The Kier molecular flexibility index (Phi) is 6.21. The fourth-order valence-electron chi connectivity index (χ4n) is 1.85. The first-order valence-corrected chi connectivity index (χ1v) is 7.98. The molecule has 0 aliphatic heterocycles. The number of alkyl halides is 1. The van der Waals surface area contributed by atoms with Gasteiger partial charge in [0, 0.05) is 15.9 Å². The van der Waals surface area contributed by atoms with Gasteiger partial charge in [-0.2, -0.15) is 0 Å². The predicted molar refractivity (Wildman–Crippen MR) is 88.1 cm³/mol. The van der Waals surface area contributed by atoms with Crippen LogP contribution in [0.15, 0.2) is 42.5 Å². The van der Waals surface area contributed by atoms with Crippen molar-refractivity contribution in [2.75, 3.05) is 20.3 Å². The van der Waals surface area contributed by atoms with Crippen LogP contribution in [0.5, 0.6) is 17.2 Å². The van der Waals surface area contributed by atoms with Gasteiger partial charge in [0.15, 0.2) is 11.5 Å². The second-order valence-electron chi connectivity index (χ2n) is 4.20. The highest BCUT2D eigenvalue weighted by Crippen LogP contribution is 2.29. The molecule has 0 aromatic heterocycles. The Balaban J connectivity index is 1.89. The Morgan fingerprint density at radius 2 is 1.52 bits per heavy atom. The molecule has 0 saturated carbocycles. The molecule has 5 heteroatoms. The van der Waals surface area contributed by atoms with Crippen molar-refractivity contribution in [2.24, 2.45) is 0 Å². The average Bonchev–Trinajstić information content (AvgIpc) is 2.52. The molecule has 0 amide bonds. The number of benzene rings is 2. The lowest BCUT2D eigenvalue weighted by Crippen LogP contribution is -2.10. The number of para-hydroxylation sites is 2. The quantitative estimate of drug-likeness (QED) is 0.521. The van der Waals surface area contributed by atoms with Crippen molar-refractivity contribution < 1.29 is 14.2 Å². The average molecular weight is 372 g/mol. The number of ether oxygens (including phenoxy) is 3. The van der Waals surface area contributed by atoms with Crippen LogP contribution < -0.4 is 14.2 Å². The normalized spacial score (nSPS) is 10.2. The fraction of sp³-hybridized carbons (Fsp3) is 0.250. The van der Waals surface area contributed by atoms with E-state index in [2.05, 4.69) is 15.9 Å². The lowest BCUT2D eigenvalue weighted by atomic mass is 10.2. The zero-order chi connectivity index (χ0) is 15.1. The van der Waals surface area contributed by atoms with Crippen LogP contribution in [-0.2, 0) is 5.33 Å². The molecule has 0 aliphatic rings. The molecular weight excluding hydrogens is 356 g/mol. The molecule has 0 saturated heterocycles. The molecule has 0 radical (unpaired) electrons. The third-order valence-electron chi connectivity index (χ3n) is 2.88. The van der Waals surface area contributed by atoms with Gasteiger partial charge < -0.3 is 14.2 Å². The van der Waals surface area contributed by atoms with Crippen LogP contribution in [0.25, 0.3) is 0 Å². The molecule has 0 spiro atoms. The Morgan fingerprint density at radius 3 is 2.19 bits per heavy atom. The molecule has 2 aromatic carbocycles. The number of rotatable bonds is 7. The van der Waals surface area contributed by atoms with E-state index >= 15 is 0 Å². The van der Waals surface area contributed by atoms with Crippen LogP contribution in [0, 0.1) is 0 Å². The molecule has 2 rings (SSSR count). The molecule has 0 N–H and O–H groups in total. The number of hydrogen-bond donors (Lipinski definition) is 0. The second kappa shape index (κ2) is 8.15. The summed E-state index contributed by atoms with van der Waals surface area (Å²) in [6.07, 6.45) is 0. The predicted octanol–water partition coefficient (Wildman–Crippen LogP) is 4.70. The third-order valence-corrected chi connectivity index (χ3v) is 3.79. The summed E-state index contributed by atoms with van der Waals surface area (Å²) in [4.78, 5) is 0. The molecule has 0 aliphatic carbocycles. The minimum Gasteiger partial charge on any atom is -0.493 e. The van der Waals surface area contributed by atoms with Crippen molar-refractivity contribution in [1.82, 2.24) is 0 Å². The van der Waals surface area contributed by atoms with E-state index in [-0.39, 0.29) is 0 Å². The van der Waals surface area contributed by atoms with Crippen LogP contribution in [0.3, 0.4) is 0 Å². The largest absolute Gasteiger partial charge is 0.493 e. The van der Waals surface area contributed by atoms with Gasteiger partial charge >= 0.3 is 0 Å². The van der Waals surface area contributed by atoms with Gasteiger partial charge in [-0.3, -0.25) is 0 Å². The molecule has 21 heavy (non-hydrogen) atoms. The fourth-order valence-corrected chi connectivity index (χ4v) is 2.82. The van der Waals surface area contributed by atoms with Gasteiger partial charge in [-0.1, -0.05) is 45.7 Å². The van der Waals surface area contributed by atoms with Crippen LogP contribution in [0.2, 0.25) is 5.02 Å². The summed E-state index contributed by atoms with van der Waals surface area (Å²) in [5.41, 5.74) is 0.941. The van der Waals surface area contributed by atoms with Crippen molar-refractivity contribution in [1.29, 1.82) is 0 Å². The molecule has 0 heterocycles. The summed E-state index contributed by atoms with van der Waals surface area (Å²) in [5, 5.41) is 1.34. The summed E-state index contributed by atoms with van der Waals surface area (Å²) < 4.78 is 16.6. The van der Waals surface area contributed by atoms with Gasteiger partial charge in [0.25, 0.3) is 0 Å². The molecule has 0 atom stereocenters. The Bertz CT molecular complexity index is 589. The van der Waals surface area contributed by atoms with Gasteiger partial charge in [0.1, 0.15) is 19.0 Å². The standard InChI is InChI=1S/C16H16BrClO3/c1-19-15-6-2-3-7-16(15)21-10-9-20-14-8-4-5-13(18)12(14)11-17/h2-8H,9-11H2,1H3. The van der Waals surface area contributed by atoms with E-state index in [1.807, 2.05) is 42.5 Å². The van der Waals surface area contributed by atoms with E-state index in [9.17, 15) is 0 Å². The molecular formula is C16H16BrClO3. The lowest BCUT2D eigenvalue weighted by Gasteiger charge is -2.13. The van der Waals surface area contributed by atoms with Gasteiger partial charge in [-0.15, -0.1) is 0 Å². The van der Waals surface area contributed by atoms with Gasteiger partial charge in [0.2, 0.25) is 0 Å². The van der Waals surface area contributed by atoms with Crippen LogP contribution in [0.1, 0.15) is 5.56 Å². The molecule has 2 aromatic rings. The van der Waals surface area contributed by atoms with Crippen LogP contribution in [0.4, 0.5) is 0 Å². The molecule has 0 bridgehead atoms. The summed E-state index contributed by atoms with van der Waals surface area (Å²) >= 11 is 9.53. The highest BCUT2D eigenvalue weighted by molar-refractivity contribution is 9.08. The smallest absolute Gasteiger partial charge is 0.161 e. The van der Waals surface area contributed by atoms with Gasteiger partial charge in [-0.25, -0.2) is 0 Å². The Hall–Kier alpha value is -1.39. The third kappa shape index (κ3) is 4.29. The van der Waals surface area contributed by atoms with E-state index < -0.39 is 0 Å². The van der Waals surface area contributed by atoms with E-state index in [0.717, 1.165) is 11.3 Å². The van der Waals surface area contributed by atoms with Crippen molar-refractivity contribution in [3.8, 4) is 17.2 Å². The highest BCUT2D eigenvalue weighted by Gasteiger charge is 2.07. The maximum absolute atomic E-state index is 6.12. The highest BCUT2D eigenvalue weighted by atomic mass is 79.9. The maximum atomic E-state index is 6.12. The Morgan fingerprint density at radius 1 is 0.905 bits per heavy atom. The topological polar surface area (TPSA) is 27.7 Å². The summed E-state index contributed by atoms with van der Waals surface area (Å²) in [7, 11) is 1.62. The van der Waals surface area contributed by atoms with Crippen molar-refractivity contribution in [3.63, 3.8) is 0 Å². The zero-order valence-electron chi connectivity index (χ0n) is 11.6. The van der Waals surface area contributed by atoms with E-state index in [0.29, 0.717) is 35.1 Å². The molecule has 112 valence electrons. The van der Waals surface area contributed by atoms with Crippen molar-refractivity contribution >= 4 is 27.5 Å². The SMILES string of the molecule is COc1ccccc1OCCOc1cccc(Cl)c1CBr. The first-order chi connectivity index (χ1) is 10.3. The summed E-state index contributed by atoms with van der Waals surface area (Å²) in [5.74, 6) is 2.18. The summed E-state index contributed by atoms with van der Waals surface area (Å²) in [6, 6.07) is 13.1. The van der Waals surface area contributed by atoms with Crippen LogP contribution >= 0.6 is 27.5 Å². The Labute approximate surface area is 137 Å².